The Morgan fingerprint density at radius 2 is 2.50 bits per heavy atom. The summed E-state index contributed by atoms with van der Waals surface area (Å²) in [6.45, 7) is 1.85. The lowest BCUT2D eigenvalue weighted by Crippen LogP contribution is -2.44. The number of hydrogen-bond acceptors (Lipinski definition) is 4. The maximum absolute atomic E-state index is 11.6. The average molecular weight is 241 g/mol. The van der Waals surface area contributed by atoms with Gasteiger partial charge in [-0.2, -0.15) is 11.3 Å². The molecule has 1 unspecified atom stereocenters. The van der Waals surface area contributed by atoms with Crippen LogP contribution in [0.4, 0.5) is 0 Å². The first-order chi connectivity index (χ1) is 7.67. The topological polar surface area (TPSA) is 87.7 Å². The largest absolute Gasteiger partial charge is 0.409 e. The zero-order valence-electron chi connectivity index (χ0n) is 9.01. The first kappa shape index (κ1) is 12.5. The number of amides is 1. The summed E-state index contributed by atoms with van der Waals surface area (Å²) in [4.78, 5) is 11.6. The Morgan fingerprint density at radius 3 is 3.00 bits per heavy atom. The van der Waals surface area contributed by atoms with E-state index in [1.54, 1.807) is 11.3 Å². The standard InChI is InChI=1S/C10H15N3O2S/c1-2-8(10(11)13-15)12-9(14)5-7-3-4-16-6-7/h3-4,6,8,15H,2,5H2,1H3,(H2,11,13)(H,12,14). The molecule has 0 aliphatic heterocycles. The minimum atomic E-state index is -0.406. The van der Waals surface area contributed by atoms with Crippen LogP contribution in [0.5, 0.6) is 0 Å². The molecule has 0 aliphatic carbocycles. The van der Waals surface area contributed by atoms with Gasteiger partial charge in [-0.15, -0.1) is 0 Å². The number of carbonyl (C=O) groups is 1. The minimum Gasteiger partial charge on any atom is -0.409 e. The Bertz CT molecular complexity index is 362. The molecule has 0 saturated carbocycles. The van der Waals surface area contributed by atoms with E-state index in [4.69, 9.17) is 10.9 Å². The Kier molecular flexibility index (Phi) is 4.78. The lowest BCUT2D eigenvalue weighted by atomic mass is 10.2. The van der Waals surface area contributed by atoms with E-state index < -0.39 is 6.04 Å². The molecule has 6 heteroatoms. The van der Waals surface area contributed by atoms with Gasteiger partial charge in [0.15, 0.2) is 5.84 Å². The van der Waals surface area contributed by atoms with Crippen molar-refractivity contribution in [1.82, 2.24) is 5.32 Å². The third-order valence-corrected chi connectivity index (χ3v) is 2.89. The molecule has 0 spiro atoms. The SMILES string of the molecule is CCC(NC(=O)Cc1ccsc1)/C(N)=N/O. The number of thiophene rings is 1. The summed E-state index contributed by atoms with van der Waals surface area (Å²) in [5.74, 6) is -0.0991. The highest BCUT2D eigenvalue weighted by molar-refractivity contribution is 7.07. The van der Waals surface area contributed by atoms with Gasteiger partial charge in [-0.3, -0.25) is 4.79 Å². The third kappa shape index (κ3) is 3.54. The lowest BCUT2D eigenvalue weighted by molar-refractivity contribution is -0.120. The zero-order valence-corrected chi connectivity index (χ0v) is 9.83. The van der Waals surface area contributed by atoms with Crippen LogP contribution in [0.3, 0.4) is 0 Å². The molecule has 0 aromatic carbocycles. The van der Waals surface area contributed by atoms with Crippen LogP contribution < -0.4 is 11.1 Å². The molecule has 1 amide bonds. The van der Waals surface area contributed by atoms with Crippen molar-refractivity contribution in [2.75, 3.05) is 0 Å². The minimum absolute atomic E-state index is 0.0289. The van der Waals surface area contributed by atoms with Gasteiger partial charge in [-0.05, 0) is 28.8 Å². The normalized spacial score (nSPS) is 13.4. The highest BCUT2D eigenvalue weighted by Gasteiger charge is 2.14. The van der Waals surface area contributed by atoms with Gasteiger partial charge >= 0.3 is 0 Å². The number of hydrogen-bond donors (Lipinski definition) is 3. The first-order valence-electron chi connectivity index (χ1n) is 4.95. The van der Waals surface area contributed by atoms with E-state index in [2.05, 4.69) is 10.5 Å². The molecule has 1 heterocycles. The number of rotatable bonds is 5. The number of oxime groups is 1. The molecule has 0 saturated heterocycles. The van der Waals surface area contributed by atoms with Crippen LogP contribution in [-0.4, -0.2) is 23.0 Å². The molecule has 16 heavy (non-hydrogen) atoms. The molecule has 5 nitrogen and oxygen atoms in total. The number of nitrogens with one attached hydrogen (secondary N) is 1. The molecular formula is C10H15N3O2S. The summed E-state index contributed by atoms with van der Waals surface area (Å²) in [6, 6.07) is 1.49. The average Bonchev–Trinajstić information content (AvgIpc) is 2.77. The molecule has 0 bridgehead atoms. The van der Waals surface area contributed by atoms with Crippen LogP contribution in [0.15, 0.2) is 22.0 Å². The van der Waals surface area contributed by atoms with Crippen molar-refractivity contribution in [3.63, 3.8) is 0 Å². The lowest BCUT2D eigenvalue weighted by Gasteiger charge is -2.14. The van der Waals surface area contributed by atoms with Crippen LogP contribution in [0.2, 0.25) is 0 Å². The summed E-state index contributed by atoms with van der Waals surface area (Å²) in [5, 5.41) is 18.0. The van der Waals surface area contributed by atoms with Crippen LogP contribution in [-0.2, 0) is 11.2 Å². The summed E-state index contributed by atoms with van der Waals surface area (Å²) in [5.41, 5.74) is 6.41. The molecule has 1 atom stereocenters. The van der Waals surface area contributed by atoms with Gasteiger partial charge in [0.05, 0.1) is 12.5 Å². The van der Waals surface area contributed by atoms with Gasteiger partial charge in [0.2, 0.25) is 5.91 Å². The molecular weight excluding hydrogens is 226 g/mol. The van der Waals surface area contributed by atoms with Crippen molar-refractivity contribution in [1.29, 1.82) is 0 Å². The second-order valence-electron chi connectivity index (χ2n) is 3.36. The summed E-state index contributed by atoms with van der Waals surface area (Å²) < 4.78 is 0. The Balaban J connectivity index is 2.50. The highest BCUT2D eigenvalue weighted by Crippen LogP contribution is 2.06. The van der Waals surface area contributed by atoms with Gasteiger partial charge in [0, 0.05) is 0 Å². The summed E-state index contributed by atoms with van der Waals surface area (Å²) in [6.07, 6.45) is 0.907. The fraction of sp³-hybridized carbons (Fsp3) is 0.400. The van der Waals surface area contributed by atoms with Crippen molar-refractivity contribution < 1.29 is 10.0 Å². The van der Waals surface area contributed by atoms with E-state index in [1.165, 1.54) is 0 Å². The van der Waals surface area contributed by atoms with Crippen molar-refractivity contribution in [2.24, 2.45) is 10.9 Å². The number of carbonyl (C=O) groups excluding carboxylic acids is 1. The van der Waals surface area contributed by atoms with E-state index in [-0.39, 0.29) is 11.7 Å². The monoisotopic (exact) mass is 241 g/mol. The second kappa shape index (κ2) is 6.12. The van der Waals surface area contributed by atoms with E-state index >= 15 is 0 Å². The van der Waals surface area contributed by atoms with Crippen molar-refractivity contribution >= 4 is 23.1 Å². The van der Waals surface area contributed by atoms with Crippen LogP contribution in [0.1, 0.15) is 18.9 Å². The Morgan fingerprint density at radius 1 is 1.75 bits per heavy atom. The fourth-order valence-electron chi connectivity index (χ4n) is 1.28. The third-order valence-electron chi connectivity index (χ3n) is 2.16. The zero-order chi connectivity index (χ0) is 12.0. The molecule has 4 N–H and O–H groups in total. The van der Waals surface area contributed by atoms with Gasteiger partial charge in [0.25, 0.3) is 0 Å². The summed E-state index contributed by atoms with van der Waals surface area (Å²) >= 11 is 1.55. The quantitative estimate of drug-likeness (QED) is 0.310. The van der Waals surface area contributed by atoms with Gasteiger partial charge < -0.3 is 16.3 Å². The van der Waals surface area contributed by atoms with E-state index in [0.29, 0.717) is 12.8 Å². The maximum atomic E-state index is 11.6. The van der Waals surface area contributed by atoms with Crippen LogP contribution >= 0.6 is 11.3 Å². The number of nitrogens with zero attached hydrogens (tertiary/aromatic N) is 1. The molecule has 88 valence electrons. The fourth-order valence-corrected chi connectivity index (χ4v) is 1.95. The molecule has 1 aromatic rings. The molecule has 0 radical (unpaired) electrons. The van der Waals surface area contributed by atoms with Crippen molar-refractivity contribution in [3.8, 4) is 0 Å². The van der Waals surface area contributed by atoms with E-state index in [9.17, 15) is 4.79 Å². The predicted octanol–water partition coefficient (Wildman–Crippen LogP) is 0.932. The van der Waals surface area contributed by atoms with Crippen LogP contribution in [0, 0.1) is 0 Å². The van der Waals surface area contributed by atoms with E-state index in [0.717, 1.165) is 5.56 Å². The number of nitrogens with two attached hydrogens (primary N) is 1. The smallest absolute Gasteiger partial charge is 0.225 e. The predicted molar refractivity (Wildman–Crippen MR) is 63.7 cm³/mol. The van der Waals surface area contributed by atoms with Gasteiger partial charge in [-0.1, -0.05) is 12.1 Å². The molecule has 0 fully saturated rings. The summed E-state index contributed by atoms with van der Waals surface area (Å²) in [7, 11) is 0. The highest BCUT2D eigenvalue weighted by atomic mass is 32.1. The van der Waals surface area contributed by atoms with E-state index in [1.807, 2.05) is 23.8 Å². The van der Waals surface area contributed by atoms with Crippen LogP contribution in [0.25, 0.3) is 0 Å². The van der Waals surface area contributed by atoms with Gasteiger partial charge in [0.1, 0.15) is 0 Å². The van der Waals surface area contributed by atoms with Gasteiger partial charge in [-0.25, -0.2) is 0 Å². The first-order valence-corrected chi connectivity index (χ1v) is 5.89. The van der Waals surface area contributed by atoms with Crippen molar-refractivity contribution in [3.05, 3.63) is 22.4 Å². The molecule has 0 aliphatic rings. The maximum Gasteiger partial charge on any atom is 0.225 e. The number of amidine groups is 1. The Hall–Kier alpha value is -1.56. The second-order valence-corrected chi connectivity index (χ2v) is 4.14. The Labute approximate surface area is 98.0 Å². The molecule has 1 rings (SSSR count). The molecule has 1 aromatic heterocycles. The van der Waals surface area contributed by atoms with Crippen molar-refractivity contribution in [2.45, 2.75) is 25.8 Å².